The number of nitrogens with zero attached hydrogens (tertiary/aromatic N) is 1. The first-order valence-electron chi connectivity index (χ1n) is 6.96. The van der Waals surface area contributed by atoms with E-state index in [1.807, 2.05) is 18.2 Å². The van der Waals surface area contributed by atoms with E-state index < -0.39 is 0 Å². The minimum atomic E-state index is -0.236. The van der Waals surface area contributed by atoms with Gasteiger partial charge in [0.15, 0.2) is 0 Å². The lowest BCUT2D eigenvalue weighted by molar-refractivity contribution is -0.134. The average molecular weight is 274 g/mol. The highest BCUT2D eigenvalue weighted by molar-refractivity contribution is 6.01. The SMILES string of the molecule is COc1ccc2c(c1)CCCN2C1CCC(=O)NC1=O. The Labute approximate surface area is 117 Å². The third kappa shape index (κ3) is 2.24. The average Bonchev–Trinajstić information content (AvgIpc) is 2.46. The topological polar surface area (TPSA) is 58.6 Å². The molecule has 0 saturated carbocycles. The number of imide groups is 1. The van der Waals surface area contributed by atoms with Gasteiger partial charge in [-0.05, 0) is 43.0 Å². The number of piperidine rings is 1. The van der Waals surface area contributed by atoms with Gasteiger partial charge in [0.05, 0.1) is 7.11 Å². The van der Waals surface area contributed by atoms with Crippen LogP contribution in [0.25, 0.3) is 0 Å². The number of aryl methyl sites for hydroxylation is 1. The van der Waals surface area contributed by atoms with E-state index in [9.17, 15) is 9.59 Å². The lowest BCUT2D eigenvalue weighted by Gasteiger charge is -2.38. The summed E-state index contributed by atoms with van der Waals surface area (Å²) in [5.41, 5.74) is 2.30. The summed E-state index contributed by atoms with van der Waals surface area (Å²) in [6.45, 7) is 0.853. The third-order valence-corrected chi connectivity index (χ3v) is 4.03. The Morgan fingerprint density at radius 1 is 1.30 bits per heavy atom. The number of benzene rings is 1. The van der Waals surface area contributed by atoms with Gasteiger partial charge in [-0.2, -0.15) is 0 Å². The van der Waals surface area contributed by atoms with Gasteiger partial charge in [0.1, 0.15) is 11.8 Å². The van der Waals surface area contributed by atoms with Gasteiger partial charge in [0.25, 0.3) is 0 Å². The molecule has 5 nitrogen and oxygen atoms in total. The number of rotatable bonds is 2. The molecule has 0 bridgehead atoms. The van der Waals surface area contributed by atoms with Crippen LogP contribution < -0.4 is 15.0 Å². The number of anilines is 1. The van der Waals surface area contributed by atoms with Gasteiger partial charge in [-0.15, -0.1) is 0 Å². The molecule has 3 rings (SSSR count). The predicted octanol–water partition coefficient (Wildman–Crippen LogP) is 1.25. The molecule has 2 amide bonds. The molecule has 20 heavy (non-hydrogen) atoms. The smallest absolute Gasteiger partial charge is 0.249 e. The molecule has 2 aliphatic rings. The lowest BCUT2D eigenvalue weighted by atomic mass is 9.96. The monoisotopic (exact) mass is 274 g/mol. The molecule has 106 valence electrons. The Bertz CT molecular complexity index is 556. The molecule has 2 heterocycles. The Balaban J connectivity index is 1.90. The van der Waals surface area contributed by atoms with Crippen molar-refractivity contribution in [3.05, 3.63) is 23.8 Å². The summed E-state index contributed by atoms with van der Waals surface area (Å²) < 4.78 is 5.25. The van der Waals surface area contributed by atoms with Crippen LogP contribution in [0.5, 0.6) is 5.75 Å². The predicted molar refractivity (Wildman–Crippen MR) is 74.8 cm³/mol. The molecule has 2 aliphatic heterocycles. The highest BCUT2D eigenvalue weighted by Crippen LogP contribution is 2.33. The first-order chi connectivity index (χ1) is 9.69. The summed E-state index contributed by atoms with van der Waals surface area (Å²) in [5.74, 6) is 0.497. The number of hydrogen-bond donors (Lipinski definition) is 1. The first kappa shape index (κ1) is 13.0. The number of carbonyl (C=O) groups excluding carboxylic acids is 2. The Morgan fingerprint density at radius 3 is 2.90 bits per heavy atom. The van der Waals surface area contributed by atoms with Crippen molar-refractivity contribution >= 4 is 17.5 Å². The van der Waals surface area contributed by atoms with Gasteiger partial charge in [-0.25, -0.2) is 0 Å². The maximum atomic E-state index is 12.0. The molecule has 1 saturated heterocycles. The number of ether oxygens (including phenoxy) is 1. The zero-order valence-electron chi connectivity index (χ0n) is 11.5. The van der Waals surface area contributed by atoms with Crippen LogP contribution in [-0.4, -0.2) is 31.5 Å². The molecular weight excluding hydrogens is 256 g/mol. The fraction of sp³-hybridized carbons (Fsp3) is 0.467. The van der Waals surface area contributed by atoms with Crippen LogP contribution in [0.2, 0.25) is 0 Å². The number of amides is 2. The molecule has 0 aliphatic carbocycles. The number of fused-ring (bicyclic) bond motifs is 1. The minimum Gasteiger partial charge on any atom is -0.497 e. The Morgan fingerprint density at radius 2 is 2.15 bits per heavy atom. The molecule has 0 aromatic heterocycles. The molecule has 1 aromatic carbocycles. The van der Waals surface area contributed by atoms with E-state index in [1.54, 1.807) is 7.11 Å². The first-order valence-corrected chi connectivity index (χ1v) is 6.96. The highest BCUT2D eigenvalue weighted by atomic mass is 16.5. The van der Waals surface area contributed by atoms with Crippen molar-refractivity contribution < 1.29 is 14.3 Å². The molecular formula is C15H18N2O3. The zero-order chi connectivity index (χ0) is 14.1. The second kappa shape index (κ2) is 5.15. The van der Waals surface area contributed by atoms with E-state index in [2.05, 4.69) is 10.2 Å². The molecule has 1 unspecified atom stereocenters. The quantitative estimate of drug-likeness (QED) is 0.825. The second-order valence-electron chi connectivity index (χ2n) is 5.26. The Kier molecular flexibility index (Phi) is 3.34. The second-order valence-corrected chi connectivity index (χ2v) is 5.26. The van der Waals surface area contributed by atoms with Crippen molar-refractivity contribution in [2.45, 2.75) is 31.7 Å². The van der Waals surface area contributed by atoms with Crippen molar-refractivity contribution in [1.29, 1.82) is 0 Å². The van der Waals surface area contributed by atoms with Crippen molar-refractivity contribution in [1.82, 2.24) is 5.32 Å². The molecule has 1 fully saturated rings. The largest absolute Gasteiger partial charge is 0.497 e. The van der Waals surface area contributed by atoms with E-state index in [4.69, 9.17) is 4.74 Å². The number of methoxy groups -OCH3 is 1. The van der Waals surface area contributed by atoms with Gasteiger partial charge in [-0.3, -0.25) is 14.9 Å². The van der Waals surface area contributed by atoms with Gasteiger partial charge in [0.2, 0.25) is 11.8 Å². The maximum Gasteiger partial charge on any atom is 0.249 e. The normalized spacial score (nSPS) is 22.2. The minimum absolute atomic E-state index is 0.168. The fourth-order valence-electron chi connectivity index (χ4n) is 3.03. The Hall–Kier alpha value is -2.04. The van der Waals surface area contributed by atoms with Gasteiger partial charge >= 0.3 is 0 Å². The van der Waals surface area contributed by atoms with Crippen molar-refractivity contribution in [2.75, 3.05) is 18.6 Å². The van der Waals surface area contributed by atoms with Crippen LogP contribution in [0.4, 0.5) is 5.69 Å². The van der Waals surface area contributed by atoms with Crippen LogP contribution in [0, 0.1) is 0 Å². The number of carbonyl (C=O) groups is 2. The summed E-state index contributed by atoms with van der Waals surface area (Å²) in [7, 11) is 1.66. The van der Waals surface area contributed by atoms with E-state index >= 15 is 0 Å². The third-order valence-electron chi connectivity index (χ3n) is 4.03. The molecule has 0 spiro atoms. The molecule has 1 atom stereocenters. The molecule has 1 N–H and O–H groups in total. The summed E-state index contributed by atoms with van der Waals surface area (Å²) in [5, 5.41) is 2.44. The van der Waals surface area contributed by atoms with E-state index in [0.29, 0.717) is 12.8 Å². The summed E-state index contributed by atoms with van der Waals surface area (Å²) >= 11 is 0. The molecule has 0 radical (unpaired) electrons. The van der Waals surface area contributed by atoms with E-state index in [1.165, 1.54) is 5.56 Å². The lowest BCUT2D eigenvalue weighted by Crippen LogP contribution is -2.53. The number of hydrogen-bond acceptors (Lipinski definition) is 4. The van der Waals surface area contributed by atoms with Crippen LogP contribution >= 0.6 is 0 Å². The van der Waals surface area contributed by atoms with Crippen LogP contribution in [-0.2, 0) is 16.0 Å². The van der Waals surface area contributed by atoms with E-state index in [0.717, 1.165) is 30.8 Å². The van der Waals surface area contributed by atoms with Crippen molar-refractivity contribution in [3.8, 4) is 5.75 Å². The highest BCUT2D eigenvalue weighted by Gasteiger charge is 2.33. The summed E-state index contributed by atoms with van der Waals surface area (Å²) in [6, 6.07) is 5.73. The number of nitrogens with one attached hydrogen (secondary N) is 1. The van der Waals surface area contributed by atoms with Crippen LogP contribution in [0.3, 0.4) is 0 Å². The fourth-order valence-corrected chi connectivity index (χ4v) is 3.03. The molecule has 1 aromatic rings. The summed E-state index contributed by atoms with van der Waals surface area (Å²) in [4.78, 5) is 25.4. The van der Waals surface area contributed by atoms with Crippen LogP contribution in [0.15, 0.2) is 18.2 Å². The van der Waals surface area contributed by atoms with Gasteiger partial charge in [0, 0.05) is 18.7 Å². The zero-order valence-corrected chi connectivity index (χ0v) is 11.5. The van der Waals surface area contributed by atoms with E-state index in [-0.39, 0.29) is 17.9 Å². The van der Waals surface area contributed by atoms with Crippen LogP contribution in [0.1, 0.15) is 24.8 Å². The van der Waals surface area contributed by atoms with Crippen molar-refractivity contribution in [2.24, 2.45) is 0 Å². The molecule has 5 heteroatoms. The summed E-state index contributed by atoms with van der Waals surface area (Å²) in [6.07, 6.45) is 3.02. The maximum absolute atomic E-state index is 12.0. The van der Waals surface area contributed by atoms with Crippen molar-refractivity contribution in [3.63, 3.8) is 0 Å². The standard InChI is InChI=1S/C15H18N2O3/c1-20-11-4-5-12-10(9-11)3-2-8-17(12)13-6-7-14(18)16-15(13)19/h4-5,9,13H,2-3,6-8H2,1H3,(H,16,18,19). The van der Waals surface area contributed by atoms with Gasteiger partial charge < -0.3 is 9.64 Å². The van der Waals surface area contributed by atoms with Gasteiger partial charge in [-0.1, -0.05) is 0 Å².